The molecule has 4 nitrogen and oxygen atoms in total. The van der Waals surface area contributed by atoms with E-state index in [1.807, 2.05) is 31.2 Å². The van der Waals surface area contributed by atoms with E-state index in [4.69, 9.17) is 4.74 Å². The van der Waals surface area contributed by atoms with Crippen molar-refractivity contribution in [2.75, 3.05) is 13.2 Å². The van der Waals surface area contributed by atoms with Crippen LogP contribution in [0.1, 0.15) is 26.7 Å². The fourth-order valence-electron chi connectivity index (χ4n) is 1.67. The highest BCUT2D eigenvalue weighted by Crippen LogP contribution is 2.14. The molecule has 0 aliphatic heterocycles. The molecule has 0 heterocycles. The molecule has 0 bridgehead atoms. The van der Waals surface area contributed by atoms with Crippen molar-refractivity contribution in [1.82, 2.24) is 5.32 Å². The third-order valence-electron chi connectivity index (χ3n) is 2.69. The largest absolute Gasteiger partial charge is 0.462 e. The monoisotopic (exact) mass is 263 g/mol. The zero-order valence-electron chi connectivity index (χ0n) is 11.5. The minimum Gasteiger partial charge on any atom is -0.462 e. The third-order valence-corrected chi connectivity index (χ3v) is 2.69. The Morgan fingerprint density at radius 1 is 1.26 bits per heavy atom. The maximum Gasteiger partial charge on any atom is 0.343 e. The number of hydrogen-bond donors (Lipinski definition) is 1. The normalized spacial score (nSPS) is 14.7. The molecule has 0 aromatic heterocycles. The van der Waals surface area contributed by atoms with Gasteiger partial charge in [-0.3, -0.25) is 4.79 Å². The fraction of sp³-hybridized carbons (Fsp3) is 0.467. The molecule has 0 saturated carbocycles. The number of nitrogens with one attached hydrogen (secondary N) is 1. The van der Waals surface area contributed by atoms with Crippen molar-refractivity contribution < 1.29 is 14.3 Å². The predicted octanol–water partition coefficient (Wildman–Crippen LogP) is 2.13. The highest BCUT2D eigenvalue weighted by Gasteiger charge is 2.20. The van der Waals surface area contributed by atoms with E-state index in [9.17, 15) is 9.59 Å². The van der Waals surface area contributed by atoms with E-state index in [0.717, 1.165) is 12.8 Å². The van der Waals surface area contributed by atoms with E-state index in [0.29, 0.717) is 6.54 Å². The van der Waals surface area contributed by atoms with Gasteiger partial charge in [-0.2, -0.15) is 0 Å². The van der Waals surface area contributed by atoms with Crippen LogP contribution in [0.15, 0.2) is 36.0 Å². The average molecular weight is 263 g/mol. The Balaban J connectivity index is 2.73. The molecule has 1 amide bonds. The summed E-state index contributed by atoms with van der Waals surface area (Å²) in [7, 11) is 0. The summed E-state index contributed by atoms with van der Waals surface area (Å²) in [6, 6.07) is 0. The Bertz CT molecular complexity index is 396. The number of carbonyl (C=O) groups is 2. The van der Waals surface area contributed by atoms with Gasteiger partial charge in [0.05, 0.1) is 6.61 Å². The molecule has 4 heteroatoms. The molecule has 0 unspecified atom stereocenters. The summed E-state index contributed by atoms with van der Waals surface area (Å²) in [6.07, 6.45) is 11.1. The summed E-state index contributed by atoms with van der Waals surface area (Å²) in [5, 5.41) is 2.74. The Morgan fingerprint density at radius 3 is 2.53 bits per heavy atom. The van der Waals surface area contributed by atoms with Crippen molar-refractivity contribution in [2.45, 2.75) is 26.7 Å². The molecular formula is C15H21NO3. The van der Waals surface area contributed by atoms with Crippen LogP contribution >= 0.6 is 0 Å². The molecule has 0 fully saturated rings. The van der Waals surface area contributed by atoms with Gasteiger partial charge in [-0.1, -0.05) is 43.7 Å². The molecule has 104 valence electrons. The summed E-state index contributed by atoms with van der Waals surface area (Å²) in [5.41, 5.74) is 0.0825. The van der Waals surface area contributed by atoms with Gasteiger partial charge in [-0.15, -0.1) is 0 Å². The fourth-order valence-corrected chi connectivity index (χ4v) is 1.67. The molecule has 1 aliphatic carbocycles. The van der Waals surface area contributed by atoms with Gasteiger partial charge >= 0.3 is 5.97 Å². The second-order valence-electron chi connectivity index (χ2n) is 4.26. The van der Waals surface area contributed by atoms with Gasteiger partial charge in [0.25, 0.3) is 5.91 Å². The second kappa shape index (κ2) is 8.29. The SMILES string of the molecule is CCCCNC(=O)/C(=C/C1C=CC=C1)C(=O)OCC. The molecule has 0 radical (unpaired) electrons. The number of amides is 1. The van der Waals surface area contributed by atoms with Crippen molar-refractivity contribution >= 4 is 11.9 Å². The zero-order chi connectivity index (χ0) is 14.1. The number of hydrogen-bond acceptors (Lipinski definition) is 3. The lowest BCUT2D eigenvalue weighted by atomic mass is 10.1. The molecule has 0 atom stereocenters. The predicted molar refractivity (Wildman–Crippen MR) is 74.4 cm³/mol. The highest BCUT2D eigenvalue weighted by atomic mass is 16.5. The van der Waals surface area contributed by atoms with Crippen LogP contribution in [0.2, 0.25) is 0 Å². The van der Waals surface area contributed by atoms with Gasteiger partial charge in [-0.05, 0) is 13.3 Å². The summed E-state index contributed by atoms with van der Waals surface area (Å²) >= 11 is 0. The lowest BCUT2D eigenvalue weighted by Gasteiger charge is -2.09. The maximum absolute atomic E-state index is 12.0. The van der Waals surface area contributed by atoms with E-state index in [-0.39, 0.29) is 24.0 Å². The van der Waals surface area contributed by atoms with Crippen molar-refractivity contribution in [1.29, 1.82) is 0 Å². The van der Waals surface area contributed by atoms with E-state index in [1.165, 1.54) is 0 Å². The van der Waals surface area contributed by atoms with Crippen molar-refractivity contribution in [3.05, 3.63) is 36.0 Å². The Hall–Kier alpha value is -1.84. The van der Waals surface area contributed by atoms with Gasteiger partial charge in [-0.25, -0.2) is 4.79 Å². The van der Waals surface area contributed by atoms with Crippen LogP contribution in [0.4, 0.5) is 0 Å². The van der Waals surface area contributed by atoms with E-state index in [2.05, 4.69) is 5.32 Å². The molecule has 1 N–H and O–H groups in total. The lowest BCUT2D eigenvalue weighted by Crippen LogP contribution is -2.30. The standard InChI is InChI=1S/C15H21NO3/c1-3-5-10-16-14(17)13(15(18)19-4-2)11-12-8-6-7-9-12/h6-9,11-12H,3-5,10H2,1-2H3,(H,16,17)/b13-11-. The first kappa shape index (κ1) is 15.2. The van der Waals surface area contributed by atoms with Crippen LogP contribution in [0.3, 0.4) is 0 Å². The van der Waals surface area contributed by atoms with E-state index < -0.39 is 5.97 Å². The number of rotatable bonds is 7. The minimum atomic E-state index is -0.565. The van der Waals surface area contributed by atoms with Gasteiger partial charge in [0.15, 0.2) is 0 Å². The second-order valence-corrected chi connectivity index (χ2v) is 4.26. The van der Waals surface area contributed by atoms with E-state index >= 15 is 0 Å². The van der Waals surface area contributed by atoms with E-state index in [1.54, 1.807) is 13.0 Å². The number of carbonyl (C=O) groups excluding carboxylic acids is 2. The van der Waals surface area contributed by atoms with Crippen molar-refractivity contribution in [3.8, 4) is 0 Å². The Morgan fingerprint density at radius 2 is 1.95 bits per heavy atom. The van der Waals surface area contributed by atoms with Gasteiger partial charge in [0.1, 0.15) is 5.57 Å². The summed E-state index contributed by atoms with van der Waals surface area (Å²) in [4.78, 5) is 23.8. The van der Waals surface area contributed by atoms with Crippen molar-refractivity contribution in [3.63, 3.8) is 0 Å². The smallest absolute Gasteiger partial charge is 0.343 e. The van der Waals surface area contributed by atoms with Crippen LogP contribution in [-0.4, -0.2) is 25.0 Å². The third kappa shape index (κ3) is 5.12. The summed E-state index contributed by atoms with van der Waals surface area (Å²) in [6.45, 7) is 4.60. The molecule has 0 saturated heterocycles. The van der Waals surface area contributed by atoms with Crippen molar-refractivity contribution in [2.24, 2.45) is 5.92 Å². The van der Waals surface area contributed by atoms with Gasteiger partial charge in [0.2, 0.25) is 0 Å². The Kier molecular flexibility index (Phi) is 6.64. The number of unbranched alkanes of at least 4 members (excludes halogenated alkanes) is 1. The topological polar surface area (TPSA) is 55.4 Å². The quantitative estimate of drug-likeness (QED) is 0.252. The molecule has 0 aromatic carbocycles. The summed E-state index contributed by atoms with van der Waals surface area (Å²) in [5.74, 6) is -0.942. The van der Waals surface area contributed by atoms with Crippen LogP contribution in [0.5, 0.6) is 0 Å². The zero-order valence-corrected chi connectivity index (χ0v) is 11.5. The average Bonchev–Trinajstić information content (AvgIpc) is 2.89. The lowest BCUT2D eigenvalue weighted by molar-refractivity contribution is -0.140. The molecular weight excluding hydrogens is 242 g/mol. The molecule has 19 heavy (non-hydrogen) atoms. The van der Waals surface area contributed by atoms with Crippen LogP contribution in [-0.2, 0) is 14.3 Å². The Labute approximate surface area is 114 Å². The molecule has 0 spiro atoms. The first-order valence-electron chi connectivity index (χ1n) is 6.71. The maximum atomic E-state index is 12.0. The van der Waals surface area contributed by atoms with Gasteiger partial charge < -0.3 is 10.1 Å². The van der Waals surface area contributed by atoms with Crippen LogP contribution in [0, 0.1) is 5.92 Å². The molecule has 0 aromatic rings. The van der Waals surface area contributed by atoms with Crippen LogP contribution in [0.25, 0.3) is 0 Å². The minimum absolute atomic E-state index is 0.0173. The summed E-state index contributed by atoms with van der Waals surface area (Å²) < 4.78 is 4.93. The van der Waals surface area contributed by atoms with Gasteiger partial charge in [0, 0.05) is 12.5 Å². The molecule has 1 rings (SSSR count). The number of esters is 1. The highest BCUT2D eigenvalue weighted by molar-refractivity contribution is 6.16. The number of ether oxygens (including phenoxy) is 1. The van der Waals surface area contributed by atoms with Crippen LogP contribution < -0.4 is 5.32 Å². The first-order chi connectivity index (χ1) is 9.19. The number of allylic oxidation sites excluding steroid dienone is 5. The molecule has 1 aliphatic rings. The first-order valence-corrected chi connectivity index (χ1v) is 6.71.